The summed E-state index contributed by atoms with van der Waals surface area (Å²) in [6.07, 6.45) is 1.39. The number of pyridine rings is 1. The van der Waals surface area contributed by atoms with Gasteiger partial charge in [0.1, 0.15) is 4.90 Å². The molecule has 110 valence electrons. The van der Waals surface area contributed by atoms with Gasteiger partial charge in [0, 0.05) is 6.20 Å². The van der Waals surface area contributed by atoms with Crippen molar-refractivity contribution in [3.05, 3.63) is 17.3 Å². The van der Waals surface area contributed by atoms with Crippen molar-refractivity contribution in [1.82, 2.24) is 9.71 Å². The molecule has 0 aromatic carbocycles. The molecule has 1 unspecified atom stereocenters. The molecule has 2 heterocycles. The molecule has 8 heteroatoms. The molecular formula is C12H17ClN4O2S. The largest absolute Gasteiger partial charge is 0.309 e. The number of hydrogen-bond donors (Lipinski definition) is 2. The van der Waals surface area contributed by atoms with Gasteiger partial charge < -0.3 is 5.32 Å². The summed E-state index contributed by atoms with van der Waals surface area (Å²) < 4.78 is 26.7. The van der Waals surface area contributed by atoms with Crippen LogP contribution in [0.3, 0.4) is 0 Å². The van der Waals surface area contributed by atoms with E-state index in [0.717, 1.165) is 0 Å². The van der Waals surface area contributed by atoms with E-state index in [1.54, 1.807) is 0 Å². The zero-order valence-corrected chi connectivity index (χ0v) is 13.3. The lowest BCUT2D eigenvalue weighted by Crippen LogP contribution is -2.42. The van der Waals surface area contributed by atoms with Gasteiger partial charge in [0.15, 0.2) is 5.82 Å². The zero-order valence-electron chi connectivity index (χ0n) is 11.7. The maximum Gasteiger partial charge on any atom is 0.267 e. The highest BCUT2D eigenvalue weighted by Gasteiger charge is 2.29. The van der Waals surface area contributed by atoms with E-state index >= 15 is 0 Å². The summed E-state index contributed by atoms with van der Waals surface area (Å²) in [5.41, 5.74) is -0.0756. The number of aliphatic imine (C=N–C) groups is 1. The van der Waals surface area contributed by atoms with Gasteiger partial charge in [-0.05, 0) is 18.4 Å². The monoisotopic (exact) mass is 316 g/mol. The van der Waals surface area contributed by atoms with Crippen molar-refractivity contribution in [3.8, 4) is 0 Å². The minimum atomic E-state index is -3.70. The minimum absolute atomic E-state index is 0.0207. The van der Waals surface area contributed by atoms with Gasteiger partial charge in [0.25, 0.3) is 10.0 Å². The molecule has 1 aromatic rings. The number of aromatic nitrogens is 1. The Morgan fingerprint density at radius 3 is 2.65 bits per heavy atom. The Bertz CT molecular complexity index is 665. The summed E-state index contributed by atoms with van der Waals surface area (Å²) in [4.78, 5) is 8.38. The Balaban J connectivity index is 2.41. The van der Waals surface area contributed by atoms with Crippen molar-refractivity contribution in [2.45, 2.75) is 38.6 Å². The third-order valence-corrected chi connectivity index (χ3v) is 4.71. The van der Waals surface area contributed by atoms with Gasteiger partial charge in [0.05, 0.1) is 11.1 Å². The summed E-state index contributed by atoms with van der Waals surface area (Å²) >= 11 is 5.77. The third-order valence-electron chi connectivity index (χ3n) is 3.15. The topological polar surface area (TPSA) is 83.5 Å². The summed E-state index contributed by atoms with van der Waals surface area (Å²) in [6.45, 7) is 8.02. The average Bonchev–Trinajstić information content (AvgIpc) is 2.28. The van der Waals surface area contributed by atoms with Crippen LogP contribution in [0.25, 0.3) is 0 Å². The molecule has 2 N–H and O–H groups in total. The Morgan fingerprint density at radius 1 is 1.40 bits per heavy atom. The average molecular weight is 317 g/mol. The van der Waals surface area contributed by atoms with E-state index in [4.69, 9.17) is 11.6 Å². The summed E-state index contributed by atoms with van der Waals surface area (Å²) in [6, 6.07) is 1.28. The Hall–Kier alpha value is -1.34. The molecule has 6 nitrogen and oxygen atoms in total. The van der Waals surface area contributed by atoms with Crippen LogP contribution in [0.4, 0.5) is 5.82 Å². The first kappa shape index (κ1) is 15.1. The molecule has 0 bridgehead atoms. The highest BCUT2D eigenvalue weighted by Crippen LogP contribution is 2.26. The van der Waals surface area contributed by atoms with E-state index in [-0.39, 0.29) is 33.2 Å². The maximum absolute atomic E-state index is 12.1. The molecule has 2 rings (SSSR count). The van der Waals surface area contributed by atoms with Crippen molar-refractivity contribution in [2.24, 2.45) is 10.4 Å². The van der Waals surface area contributed by atoms with Gasteiger partial charge in [0.2, 0.25) is 5.96 Å². The van der Waals surface area contributed by atoms with Crippen LogP contribution in [0.15, 0.2) is 22.2 Å². The third kappa shape index (κ3) is 3.04. The highest BCUT2D eigenvalue weighted by atomic mass is 35.5. The van der Waals surface area contributed by atoms with Crippen LogP contribution in [0, 0.1) is 5.41 Å². The lowest BCUT2D eigenvalue weighted by Gasteiger charge is -2.26. The van der Waals surface area contributed by atoms with E-state index in [2.05, 4.69) is 20.0 Å². The first-order chi connectivity index (χ1) is 9.09. The zero-order chi connectivity index (χ0) is 15.1. The van der Waals surface area contributed by atoms with Crippen molar-refractivity contribution >= 4 is 33.4 Å². The molecule has 0 radical (unpaired) electrons. The number of halogens is 1. The first-order valence-electron chi connectivity index (χ1n) is 6.13. The molecular weight excluding hydrogens is 300 g/mol. The molecule has 20 heavy (non-hydrogen) atoms. The van der Waals surface area contributed by atoms with Crippen LogP contribution in [0.5, 0.6) is 0 Å². The summed E-state index contributed by atoms with van der Waals surface area (Å²) in [5, 5.41) is 3.14. The van der Waals surface area contributed by atoms with E-state index in [9.17, 15) is 8.42 Å². The summed E-state index contributed by atoms with van der Waals surface area (Å²) in [5.74, 6) is 0.405. The number of hydrogen-bond acceptors (Lipinski definition) is 4. The molecule has 0 aliphatic carbocycles. The van der Waals surface area contributed by atoms with Crippen molar-refractivity contribution in [1.29, 1.82) is 0 Å². The minimum Gasteiger partial charge on any atom is -0.309 e. The Labute approximate surface area is 123 Å². The van der Waals surface area contributed by atoms with Crippen LogP contribution in [-0.4, -0.2) is 25.4 Å². The molecule has 0 amide bonds. The van der Waals surface area contributed by atoms with Crippen LogP contribution >= 0.6 is 11.6 Å². The molecule has 0 fully saturated rings. The number of guanidine groups is 1. The fourth-order valence-electron chi connectivity index (χ4n) is 1.49. The second-order valence-corrected chi connectivity index (χ2v) is 7.84. The number of sulfonamides is 1. The quantitative estimate of drug-likeness (QED) is 0.832. The van der Waals surface area contributed by atoms with Crippen LogP contribution in [-0.2, 0) is 10.0 Å². The van der Waals surface area contributed by atoms with Gasteiger partial charge in [-0.1, -0.05) is 32.4 Å². The number of nitrogens with one attached hydrogen (secondary N) is 2. The first-order valence-corrected chi connectivity index (χ1v) is 7.99. The lowest BCUT2D eigenvalue weighted by molar-refractivity contribution is 0.341. The fraction of sp³-hybridized carbons (Fsp3) is 0.500. The van der Waals surface area contributed by atoms with Gasteiger partial charge in [-0.25, -0.2) is 23.1 Å². The molecule has 1 aliphatic heterocycles. The van der Waals surface area contributed by atoms with E-state index in [1.165, 1.54) is 12.3 Å². The van der Waals surface area contributed by atoms with E-state index < -0.39 is 10.0 Å². The van der Waals surface area contributed by atoms with Gasteiger partial charge >= 0.3 is 0 Å². The van der Waals surface area contributed by atoms with Gasteiger partial charge in [-0.3, -0.25) is 0 Å². The summed E-state index contributed by atoms with van der Waals surface area (Å²) in [7, 11) is -3.70. The second kappa shape index (κ2) is 4.89. The highest BCUT2D eigenvalue weighted by molar-refractivity contribution is 7.90. The number of rotatable bonds is 1. The Kier molecular flexibility index (Phi) is 3.68. The predicted octanol–water partition coefficient (Wildman–Crippen LogP) is 2.23. The molecule has 0 saturated carbocycles. The molecule has 1 atom stereocenters. The van der Waals surface area contributed by atoms with Crippen LogP contribution in [0.1, 0.15) is 27.7 Å². The Morgan fingerprint density at radius 2 is 2.05 bits per heavy atom. The predicted molar refractivity (Wildman–Crippen MR) is 79.5 cm³/mol. The molecule has 0 saturated heterocycles. The standard InChI is InChI=1S/C12H17ClN4O2S/c1-7(12(2,3)4)15-11-16-10-9(20(18,19)17-11)5-8(13)6-14-10/h5-7H,1-4H3,(H2,14,15,16,17). The number of fused-ring (bicyclic) bond motifs is 1. The fourth-order valence-corrected chi connectivity index (χ4v) is 2.82. The number of anilines is 1. The van der Waals surface area contributed by atoms with E-state index in [1.807, 2.05) is 27.7 Å². The van der Waals surface area contributed by atoms with Gasteiger partial charge in [-0.2, -0.15) is 0 Å². The van der Waals surface area contributed by atoms with Crippen molar-refractivity contribution in [3.63, 3.8) is 0 Å². The molecule has 0 spiro atoms. The molecule has 1 aromatic heterocycles. The molecule has 1 aliphatic rings. The second-order valence-electron chi connectivity index (χ2n) is 5.75. The van der Waals surface area contributed by atoms with Crippen LogP contribution < -0.4 is 10.0 Å². The normalized spacial score (nSPS) is 20.8. The lowest BCUT2D eigenvalue weighted by atomic mass is 9.89. The van der Waals surface area contributed by atoms with Crippen LogP contribution in [0.2, 0.25) is 5.02 Å². The number of nitrogens with zero attached hydrogens (tertiary/aromatic N) is 2. The van der Waals surface area contributed by atoms with Crippen molar-refractivity contribution in [2.75, 3.05) is 5.32 Å². The SMILES string of the molecule is CC(N=C1Nc2ncc(Cl)cc2S(=O)(=O)N1)C(C)(C)C. The van der Waals surface area contributed by atoms with E-state index in [0.29, 0.717) is 0 Å². The van der Waals surface area contributed by atoms with Crippen molar-refractivity contribution < 1.29 is 8.42 Å². The maximum atomic E-state index is 12.1. The van der Waals surface area contributed by atoms with Gasteiger partial charge in [-0.15, -0.1) is 0 Å². The smallest absolute Gasteiger partial charge is 0.267 e.